The van der Waals surface area contributed by atoms with Gasteiger partial charge in [0.2, 0.25) is 0 Å². The van der Waals surface area contributed by atoms with Gasteiger partial charge < -0.3 is 5.32 Å². The molecule has 0 aliphatic carbocycles. The lowest BCUT2D eigenvalue weighted by Crippen LogP contribution is -2.27. The maximum Gasteiger partial charge on any atom is 0.255 e. The van der Waals surface area contributed by atoms with Gasteiger partial charge >= 0.3 is 0 Å². The topological polar surface area (TPSA) is 59.8 Å². The van der Waals surface area contributed by atoms with Gasteiger partial charge in [-0.05, 0) is 43.2 Å². The fourth-order valence-electron chi connectivity index (χ4n) is 2.78. The molecule has 3 aromatic rings. The number of hydrogen-bond donors (Lipinski definition) is 1. The van der Waals surface area contributed by atoms with Gasteiger partial charge in [0, 0.05) is 16.2 Å². The largest absolute Gasteiger partial charge is 0.345 e. The quantitative estimate of drug-likeness (QED) is 0.692. The van der Waals surface area contributed by atoms with Crippen LogP contribution in [0.3, 0.4) is 0 Å². The lowest BCUT2D eigenvalue weighted by molar-refractivity contribution is 0.0939. The summed E-state index contributed by atoms with van der Waals surface area (Å²) in [7, 11) is 0. The third-order valence-corrected chi connectivity index (χ3v) is 4.65. The maximum atomic E-state index is 12.8. The summed E-state index contributed by atoms with van der Waals surface area (Å²) in [5.74, 6) is 0.472. The number of hydrogen-bond acceptors (Lipinski definition) is 3. The summed E-state index contributed by atoms with van der Waals surface area (Å²) in [5.41, 5.74) is 2.13. The number of pyridine rings is 1. The summed E-state index contributed by atoms with van der Waals surface area (Å²) in [4.78, 5) is 17.1. The van der Waals surface area contributed by atoms with Gasteiger partial charge in [-0.3, -0.25) is 4.79 Å². The van der Waals surface area contributed by atoms with E-state index in [1.54, 1.807) is 29.2 Å². The number of rotatable bonds is 5. The van der Waals surface area contributed by atoms with Crippen molar-refractivity contribution in [3.05, 3.63) is 75.7 Å². The van der Waals surface area contributed by atoms with Crippen molar-refractivity contribution in [3.63, 3.8) is 0 Å². The molecule has 1 atom stereocenters. The van der Waals surface area contributed by atoms with E-state index in [-0.39, 0.29) is 11.9 Å². The van der Waals surface area contributed by atoms with Crippen LogP contribution in [0.4, 0.5) is 0 Å². The molecule has 26 heavy (non-hydrogen) atoms. The van der Waals surface area contributed by atoms with Crippen molar-refractivity contribution in [2.24, 2.45) is 0 Å². The first kappa shape index (κ1) is 18.4. The fraction of sp³-hybridized carbons (Fsp3) is 0.211. The normalized spacial score (nSPS) is 12.0. The summed E-state index contributed by atoms with van der Waals surface area (Å²) >= 11 is 12.2. The minimum Gasteiger partial charge on any atom is -0.345 e. The summed E-state index contributed by atoms with van der Waals surface area (Å²) < 4.78 is 1.69. The summed E-state index contributed by atoms with van der Waals surface area (Å²) in [6.07, 6.45) is 3.91. The number of carbonyl (C=O) groups excluding carboxylic acids is 1. The van der Waals surface area contributed by atoms with Crippen molar-refractivity contribution in [3.8, 4) is 5.82 Å². The average molecular weight is 389 g/mol. The van der Waals surface area contributed by atoms with E-state index in [1.807, 2.05) is 38.1 Å². The zero-order valence-electron chi connectivity index (χ0n) is 14.4. The zero-order chi connectivity index (χ0) is 18.7. The van der Waals surface area contributed by atoms with Crippen LogP contribution in [0, 0.1) is 0 Å². The SMILES string of the molecule is CCc1c(C(=O)N[C@H](C)c2ccc(Cl)cc2Cl)cnn1-c1ccccn1. The van der Waals surface area contributed by atoms with E-state index < -0.39 is 0 Å². The first-order valence-corrected chi connectivity index (χ1v) is 9.01. The molecule has 1 amide bonds. The maximum absolute atomic E-state index is 12.8. The van der Waals surface area contributed by atoms with E-state index in [0.717, 1.165) is 11.3 Å². The van der Waals surface area contributed by atoms with Crippen LogP contribution in [0.1, 0.15) is 41.5 Å². The molecule has 0 aliphatic heterocycles. The molecule has 2 aromatic heterocycles. The van der Waals surface area contributed by atoms with Gasteiger partial charge in [-0.15, -0.1) is 0 Å². The zero-order valence-corrected chi connectivity index (χ0v) is 15.9. The number of aromatic nitrogens is 3. The average Bonchev–Trinajstić information content (AvgIpc) is 3.06. The monoisotopic (exact) mass is 388 g/mol. The van der Waals surface area contributed by atoms with Crippen molar-refractivity contribution >= 4 is 29.1 Å². The second kappa shape index (κ2) is 7.89. The molecule has 0 saturated carbocycles. The number of halogens is 2. The molecule has 0 saturated heterocycles. The molecule has 0 bridgehead atoms. The van der Waals surface area contributed by atoms with Gasteiger partial charge in [-0.2, -0.15) is 5.10 Å². The van der Waals surface area contributed by atoms with Gasteiger partial charge in [0.05, 0.1) is 23.5 Å². The van der Waals surface area contributed by atoms with Crippen LogP contribution in [0.15, 0.2) is 48.8 Å². The lowest BCUT2D eigenvalue weighted by atomic mass is 10.1. The molecular weight excluding hydrogens is 371 g/mol. The summed E-state index contributed by atoms with van der Waals surface area (Å²) in [5, 5.41) is 8.39. The van der Waals surface area contributed by atoms with E-state index in [9.17, 15) is 4.79 Å². The van der Waals surface area contributed by atoms with E-state index in [1.165, 1.54) is 0 Å². The Morgan fingerprint density at radius 3 is 2.73 bits per heavy atom. The molecule has 3 rings (SSSR count). The van der Waals surface area contributed by atoms with Crippen molar-refractivity contribution in [1.82, 2.24) is 20.1 Å². The molecule has 5 nitrogen and oxygen atoms in total. The second-order valence-corrected chi connectivity index (χ2v) is 6.66. The molecule has 0 spiro atoms. The Kier molecular flexibility index (Phi) is 5.59. The predicted molar refractivity (Wildman–Crippen MR) is 103 cm³/mol. The molecule has 0 unspecified atom stereocenters. The highest BCUT2D eigenvalue weighted by atomic mass is 35.5. The molecule has 1 N–H and O–H groups in total. The van der Waals surface area contributed by atoms with Crippen LogP contribution in [0.2, 0.25) is 10.0 Å². The Bertz CT molecular complexity index is 925. The van der Waals surface area contributed by atoms with Crippen molar-refractivity contribution in [2.75, 3.05) is 0 Å². The number of nitrogens with zero attached hydrogens (tertiary/aromatic N) is 3. The molecule has 7 heteroatoms. The van der Waals surface area contributed by atoms with Crippen LogP contribution in [-0.4, -0.2) is 20.7 Å². The minimum absolute atomic E-state index is 0.206. The Morgan fingerprint density at radius 1 is 1.27 bits per heavy atom. The fourth-order valence-corrected chi connectivity index (χ4v) is 3.36. The summed E-state index contributed by atoms with van der Waals surface area (Å²) in [6.45, 7) is 3.86. The second-order valence-electron chi connectivity index (χ2n) is 5.82. The molecule has 0 fully saturated rings. The van der Waals surface area contributed by atoms with E-state index in [0.29, 0.717) is 27.8 Å². The van der Waals surface area contributed by atoms with Gasteiger partial charge in [0.1, 0.15) is 0 Å². The van der Waals surface area contributed by atoms with Gasteiger partial charge in [0.25, 0.3) is 5.91 Å². The van der Waals surface area contributed by atoms with Gasteiger partial charge in [-0.25, -0.2) is 9.67 Å². The van der Waals surface area contributed by atoms with Crippen molar-refractivity contribution in [2.45, 2.75) is 26.3 Å². The van der Waals surface area contributed by atoms with Crippen molar-refractivity contribution < 1.29 is 4.79 Å². The number of nitrogens with one attached hydrogen (secondary N) is 1. The minimum atomic E-state index is -0.268. The Balaban J connectivity index is 1.85. The number of benzene rings is 1. The number of carbonyl (C=O) groups is 1. The third kappa shape index (κ3) is 3.74. The predicted octanol–water partition coefficient (Wildman–Crippen LogP) is 4.63. The molecule has 134 valence electrons. The highest BCUT2D eigenvalue weighted by molar-refractivity contribution is 6.35. The smallest absolute Gasteiger partial charge is 0.255 e. The van der Waals surface area contributed by atoms with Gasteiger partial charge in [-0.1, -0.05) is 42.3 Å². The standard InChI is InChI=1S/C19H18Cl2N4O/c1-3-17-15(11-23-25(17)18-6-4-5-9-22-18)19(26)24-12(2)14-8-7-13(20)10-16(14)21/h4-12H,3H2,1-2H3,(H,24,26)/t12-/m1/s1. The van der Waals surface area contributed by atoms with E-state index in [2.05, 4.69) is 15.4 Å². The first-order chi connectivity index (χ1) is 12.5. The van der Waals surface area contributed by atoms with E-state index in [4.69, 9.17) is 23.2 Å². The third-order valence-electron chi connectivity index (χ3n) is 4.09. The van der Waals surface area contributed by atoms with Crippen LogP contribution in [0.25, 0.3) is 5.82 Å². The van der Waals surface area contributed by atoms with E-state index >= 15 is 0 Å². The lowest BCUT2D eigenvalue weighted by Gasteiger charge is -2.16. The molecule has 0 aliphatic rings. The van der Waals surface area contributed by atoms with Gasteiger partial charge in [0.15, 0.2) is 5.82 Å². The molecule has 1 aromatic carbocycles. The summed E-state index contributed by atoms with van der Waals surface area (Å²) in [6, 6.07) is 10.5. The molecular formula is C19H18Cl2N4O. The Hall–Kier alpha value is -2.37. The first-order valence-electron chi connectivity index (χ1n) is 8.25. The van der Waals surface area contributed by atoms with Crippen molar-refractivity contribution in [1.29, 1.82) is 0 Å². The highest BCUT2D eigenvalue weighted by Crippen LogP contribution is 2.26. The van der Waals surface area contributed by atoms with Crippen LogP contribution >= 0.6 is 23.2 Å². The van der Waals surface area contributed by atoms with Crippen LogP contribution in [0.5, 0.6) is 0 Å². The Morgan fingerprint density at radius 2 is 2.08 bits per heavy atom. The van der Waals surface area contributed by atoms with Crippen LogP contribution < -0.4 is 5.32 Å². The molecule has 0 radical (unpaired) electrons. The molecule has 2 heterocycles. The van der Waals surface area contributed by atoms with Crippen LogP contribution in [-0.2, 0) is 6.42 Å². The Labute approximate surface area is 162 Å². The number of amides is 1. The highest BCUT2D eigenvalue weighted by Gasteiger charge is 2.20.